The summed E-state index contributed by atoms with van der Waals surface area (Å²) in [5.41, 5.74) is 12.0. The van der Waals surface area contributed by atoms with Gasteiger partial charge >= 0.3 is 0 Å². The molecule has 3 heteroatoms. The van der Waals surface area contributed by atoms with Gasteiger partial charge in [-0.3, -0.25) is 0 Å². The predicted molar refractivity (Wildman–Crippen MR) is 245 cm³/mol. The molecule has 0 unspecified atom stereocenters. The van der Waals surface area contributed by atoms with E-state index in [9.17, 15) is 0 Å². The van der Waals surface area contributed by atoms with Crippen molar-refractivity contribution in [3.8, 4) is 44.7 Å². The standard InChI is InChI=1S/C56H32O3/c1-3-15-33(16-4-1)51-44-29-28-42-45-31-35(27-30-48(45)58-55(42)56(44)59-54(51)34-17-5-2-6-18-34)50-38-21-9-11-23-40(38)52(41-24-12-10-22-39(41)50)46-32-49-53(37-20-8-7-19-36(37)46)43-25-13-14-26-47(43)57-49/h1-32H. The minimum atomic E-state index is 0.756. The number of hydrogen-bond acceptors (Lipinski definition) is 3. The van der Waals surface area contributed by atoms with E-state index in [4.69, 9.17) is 13.3 Å². The smallest absolute Gasteiger partial charge is 0.178 e. The van der Waals surface area contributed by atoms with Gasteiger partial charge in [-0.15, -0.1) is 0 Å². The first-order valence-corrected chi connectivity index (χ1v) is 20.1. The van der Waals surface area contributed by atoms with Crippen LogP contribution in [0.25, 0.3) is 132 Å². The van der Waals surface area contributed by atoms with Crippen LogP contribution in [0.1, 0.15) is 0 Å². The highest BCUT2D eigenvalue weighted by atomic mass is 16.4. The Hall–Kier alpha value is -7.88. The number of hydrogen-bond donors (Lipinski definition) is 0. The van der Waals surface area contributed by atoms with Crippen LogP contribution in [0.3, 0.4) is 0 Å². The second kappa shape index (κ2) is 12.3. The molecule has 0 aliphatic carbocycles. The van der Waals surface area contributed by atoms with Crippen molar-refractivity contribution in [1.82, 2.24) is 0 Å². The van der Waals surface area contributed by atoms with Gasteiger partial charge in [-0.2, -0.15) is 0 Å². The van der Waals surface area contributed by atoms with Crippen LogP contribution in [0.15, 0.2) is 207 Å². The zero-order valence-electron chi connectivity index (χ0n) is 31.7. The summed E-state index contributed by atoms with van der Waals surface area (Å²) in [6.45, 7) is 0. The molecule has 0 saturated heterocycles. The Kier molecular flexibility index (Phi) is 6.72. The third-order valence-corrected chi connectivity index (χ3v) is 12.3. The van der Waals surface area contributed by atoms with Crippen molar-refractivity contribution in [2.45, 2.75) is 0 Å². The number of furan rings is 3. The Labute approximate surface area is 337 Å². The molecule has 0 radical (unpaired) electrons. The summed E-state index contributed by atoms with van der Waals surface area (Å²) in [4.78, 5) is 0. The lowest BCUT2D eigenvalue weighted by atomic mass is 9.84. The minimum Gasteiger partial charge on any atom is -0.456 e. The zero-order valence-corrected chi connectivity index (χ0v) is 31.7. The quantitative estimate of drug-likeness (QED) is 0.168. The average molecular weight is 753 g/mol. The maximum Gasteiger partial charge on any atom is 0.178 e. The SMILES string of the molecule is c1ccc(-c2oc3c(ccc4c5cc(-c6c7ccccc7c(-c7cc8oc9ccccc9c8c8ccccc78)c7ccccc67)ccc5oc43)c2-c2ccccc2)cc1. The number of rotatable bonds is 4. The number of fused-ring (bicyclic) bond motifs is 12. The monoisotopic (exact) mass is 752 g/mol. The molecule has 0 aliphatic heterocycles. The van der Waals surface area contributed by atoms with Gasteiger partial charge in [0.2, 0.25) is 0 Å². The molecule has 10 aromatic carbocycles. The van der Waals surface area contributed by atoms with Crippen molar-refractivity contribution in [1.29, 1.82) is 0 Å². The van der Waals surface area contributed by atoms with Crippen LogP contribution < -0.4 is 0 Å². The molecular formula is C56H32O3. The lowest BCUT2D eigenvalue weighted by Gasteiger charge is -2.19. The molecule has 0 bridgehead atoms. The van der Waals surface area contributed by atoms with Gasteiger partial charge in [-0.1, -0.05) is 158 Å². The highest BCUT2D eigenvalue weighted by Crippen LogP contribution is 2.49. The summed E-state index contributed by atoms with van der Waals surface area (Å²) in [5.74, 6) is 0.839. The zero-order chi connectivity index (χ0) is 38.6. The molecule has 59 heavy (non-hydrogen) atoms. The Morgan fingerprint density at radius 3 is 1.51 bits per heavy atom. The Morgan fingerprint density at radius 2 is 0.797 bits per heavy atom. The van der Waals surface area contributed by atoms with E-state index in [1.54, 1.807) is 0 Å². The highest BCUT2D eigenvalue weighted by molar-refractivity contribution is 6.28. The van der Waals surface area contributed by atoms with Crippen LogP contribution in [-0.2, 0) is 0 Å². The molecule has 3 heterocycles. The molecule has 0 aliphatic rings. The van der Waals surface area contributed by atoms with Crippen LogP contribution in [0.5, 0.6) is 0 Å². The van der Waals surface area contributed by atoms with Gasteiger partial charge in [-0.05, 0) is 96.5 Å². The maximum atomic E-state index is 6.84. The maximum absolute atomic E-state index is 6.84. The second-order valence-corrected chi connectivity index (χ2v) is 15.5. The third-order valence-electron chi connectivity index (χ3n) is 12.3. The summed E-state index contributed by atoms with van der Waals surface area (Å²) in [6, 6.07) is 68.9. The predicted octanol–water partition coefficient (Wildman–Crippen LogP) is 16.4. The van der Waals surface area contributed by atoms with Crippen LogP contribution >= 0.6 is 0 Å². The Balaban J connectivity index is 1.06. The first-order valence-electron chi connectivity index (χ1n) is 20.1. The molecule has 274 valence electrons. The first kappa shape index (κ1) is 32.2. The minimum absolute atomic E-state index is 0.756. The van der Waals surface area contributed by atoms with Crippen LogP contribution in [0.2, 0.25) is 0 Å². The van der Waals surface area contributed by atoms with Crippen molar-refractivity contribution < 1.29 is 13.3 Å². The molecule has 0 fully saturated rings. The molecule has 0 atom stereocenters. The normalized spacial score (nSPS) is 12.1. The lowest BCUT2D eigenvalue weighted by molar-refractivity contribution is 0.612. The fourth-order valence-corrected chi connectivity index (χ4v) is 9.75. The number of benzene rings is 10. The van der Waals surface area contributed by atoms with E-state index in [1.807, 2.05) is 18.2 Å². The van der Waals surface area contributed by atoms with Gasteiger partial charge in [0, 0.05) is 38.1 Å². The van der Waals surface area contributed by atoms with Crippen LogP contribution in [0, 0.1) is 0 Å². The van der Waals surface area contributed by atoms with E-state index in [0.717, 1.165) is 88.4 Å². The molecule has 3 aromatic heterocycles. The topological polar surface area (TPSA) is 39.4 Å². The van der Waals surface area contributed by atoms with Gasteiger partial charge < -0.3 is 13.3 Å². The molecule has 0 saturated carbocycles. The summed E-state index contributed by atoms with van der Waals surface area (Å²) in [6.07, 6.45) is 0. The van der Waals surface area contributed by atoms with Crippen LogP contribution in [-0.4, -0.2) is 0 Å². The van der Waals surface area contributed by atoms with Crippen molar-refractivity contribution in [3.63, 3.8) is 0 Å². The third kappa shape index (κ3) is 4.64. The van der Waals surface area contributed by atoms with E-state index in [-0.39, 0.29) is 0 Å². The molecule has 13 aromatic rings. The van der Waals surface area contributed by atoms with Crippen molar-refractivity contribution in [2.75, 3.05) is 0 Å². The van der Waals surface area contributed by atoms with Crippen molar-refractivity contribution >= 4 is 87.2 Å². The van der Waals surface area contributed by atoms with Gasteiger partial charge in [-0.25, -0.2) is 0 Å². The molecule has 0 N–H and O–H groups in total. The average Bonchev–Trinajstić information content (AvgIpc) is 4.00. The van der Waals surface area contributed by atoms with Gasteiger partial charge in [0.25, 0.3) is 0 Å². The summed E-state index contributed by atoms with van der Waals surface area (Å²) < 4.78 is 20.2. The summed E-state index contributed by atoms with van der Waals surface area (Å²) in [5, 5.41) is 12.6. The van der Waals surface area contributed by atoms with Crippen molar-refractivity contribution in [3.05, 3.63) is 194 Å². The lowest BCUT2D eigenvalue weighted by Crippen LogP contribution is -1.92. The van der Waals surface area contributed by atoms with Crippen molar-refractivity contribution in [2.24, 2.45) is 0 Å². The molecule has 0 amide bonds. The van der Waals surface area contributed by atoms with E-state index in [2.05, 4.69) is 176 Å². The highest BCUT2D eigenvalue weighted by Gasteiger charge is 2.24. The van der Waals surface area contributed by atoms with E-state index in [1.165, 1.54) is 43.4 Å². The molecular weight excluding hydrogens is 721 g/mol. The van der Waals surface area contributed by atoms with Gasteiger partial charge in [0.05, 0.1) is 0 Å². The van der Waals surface area contributed by atoms with E-state index < -0.39 is 0 Å². The fourth-order valence-electron chi connectivity index (χ4n) is 9.75. The summed E-state index contributed by atoms with van der Waals surface area (Å²) >= 11 is 0. The molecule has 3 nitrogen and oxygen atoms in total. The van der Waals surface area contributed by atoms with E-state index >= 15 is 0 Å². The summed E-state index contributed by atoms with van der Waals surface area (Å²) in [7, 11) is 0. The Bertz CT molecular complexity index is 3770. The molecule has 13 rings (SSSR count). The first-order chi connectivity index (χ1) is 29.3. The number of para-hydroxylation sites is 1. The second-order valence-electron chi connectivity index (χ2n) is 15.5. The van der Waals surface area contributed by atoms with Gasteiger partial charge in [0.1, 0.15) is 22.5 Å². The fraction of sp³-hybridized carbons (Fsp3) is 0. The largest absolute Gasteiger partial charge is 0.456 e. The van der Waals surface area contributed by atoms with E-state index in [0.29, 0.717) is 0 Å². The van der Waals surface area contributed by atoms with Gasteiger partial charge in [0.15, 0.2) is 11.2 Å². The molecule has 0 spiro atoms. The van der Waals surface area contributed by atoms with Crippen LogP contribution in [0.4, 0.5) is 0 Å². The Morgan fingerprint density at radius 1 is 0.254 bits per heavy atom.